The van der Waals surface area contributed by atoms with Crippen LogP contribution < -0.4 is 0 Å². The Morgan fingerprint density at radius 3 is 2.41 bits per heavy atom. The first-order valence-corrected chi connectivity index (χ1v) is 17.3. The highest BCUT2D eigenvalue weighted by atomic mass is 32.2. The van der Waals surface area contributed by atoms with Crippen molar-refractivity contribution in [1.29, 1.82) is 0 Å². The summed E-state index contributed by atoms with van der Waals surface area (Å²) in [4.78, 5) is 38.9. The van der Waals surface area contributed by atoms with Crippen LogP contribution in [0.25, 0.3) is 5.57 Å². The molecule has 0 bridgehead atoms. The van der Waals surface area contributed by atoms with E-state index in [1.54, 1.807) is 42.5 Å². The SMILES string of the molecule is C[C@]12CC[C@H](OC(=O)OCC3=C(c4ccccc4)C(=O)c4ccccc4S3(=O)=O)CC1=CCC1[C@@H]2CC[C@]2(C)C(=O)CC[C@@H]12. The minimum absolute atomic E-state index is 0.0139. The van der Waals surface area contributed by atoms with E-state index in [2.05, 4.69) is 19.9 Å². The second-order valence-corrected chi connectivity index (χ2v) is 15.6. The first-order valence-electron chi connectivity index (χ1n) is 15.8. The number of carbonyl (C=O) groups is 3. The molecule has 0 radical (unpaired) electrons. The van der Waals surface area contributed by atoms with Crippen LogP contribution in [0.4, 0.5) is 4.79 Å². The average Bonchev–Trinajstić information content (AvgIpc) is 3.33. The van der Waals surface area contributed by atoms with Crippen molar-refractivity contribution in [2.45, 2.75) is 76.2 Å². The fourth-order valence-corrected chi connectivity index (χ4v) is 10.9. The average molecular weight is 615 g/mol. The first-order chi connectivity index (χ1) is 21.0. The van der Waals surface area contributed by atoms with Crippen LogP contribution in [0, 0.1) is 28.6 Å². The predicted molar refractivity (Wildman–Crippen MR) is 164 cm³/mol. The van der Waals surface area contributed by atoms with Gasteiger partial charge >= 0.3 is 6.16 Å². The molecule has 1 unspecified atom stereocenters. The summed E-state index contributed by atoms with van der Waals surface area (Å²) in [6.07, 6.45) is 7.93. The van der Waals surface area contributed by atoms with Crippen molar-refractivity contribution >= 4 is 33.1 Å². The molecule has 3 saturated carbocycles. The monoisotopic (exact) mass is 614 g/mol. The molecule has 7 rings (SSSR count). The van der Waals surface area contributed by atoms with E-state index in [1.807, 2.05) is 0 Å². The summed E-state index contributed by atoms with van der Waals surface area (Å²) in [5.41, 5.74) is 1.75. The van der Waals surface area contributed by atoms with Gasteiger partial charge < -0.3 is 9.47 Å². The van der Waals surface area contributed by atoms with Crippen LogP contribution in [-0.4, -0.2) is 38.9 Å². The number of ketones is 2. The van der Waals surface area contributed by atoms with Crippen LogP contribution in [0.5, 0.6) is 0 Å². The zero-order valence-corrected chi connectivity index (χ0v) is 26.0. The molecule has 230 valence electrons. The molecule has 6 atom stereocenters. The second-order valence-electron chi connectivity index (χ2n) is 13.7. The molecule has 1 heterocycles. The largest absolute Gasteiger partial charge is 0.508 e. The Bertz CT molecular complexity index is 1720. The van der Waals surface area contributed by atoms with Crippen molar-refractivity contribution in [3.63, 3.8) is 0 Å². The van der Waals surface area contributed by atoms with E-state index < -0.39 is 28.4 Å². The molecule has 2 aromatic carbocycles. The summed E-state index contributed by atoms with van der Waals surface area (Å²) in [7, 11) is -4.10. The third kappa shape index (κ3) is 4.43. The van der Waals surface area contributed by atoms with Gasteiger partial charge in [-0.05, 0) is 79.4 Å². The summed E-state index contributed by atoms with van der Waals surface area (Å²) in [6, 6.07) is 14.7. The number of allylic oxidation sites excluding steroid dienone is 2. The number of rotatable bonds is 4. The zero-order valence-electron chi connectivity index (χ0n) is 25.2. The number of benzene rings is 2. The van der Waals surface area contributed by atoms with Gasteiger partial charge in [0.05, 0.1) is 9.80 Å². The predicted octanol–water partition coefficient (Wildman–Crippen LogP) is 7.12. The second kappa shape index (κ2) is 10.5. The molecule has 4 aliphatic carbocycles. The van der Waals surface area contributed by atoms with Gasteiger partial charge in [-0.3, -0.25) is 9.59 Å². The summed E-state index contributed by atoms with van der Waals surface area (Å²) in [6.45, 7) is 3.94. The number of hydrogen-bond donors (Lipinski definition) is 0. The molecule has 8 heteroatoms. The fraction of sp³-hybridized carbons (Fsp3) is 0.472. The maximum absolute atomic E-state index is 13.7. The van der Waals surface area contributed by atoms with Gasteiger partial charge in [0.1, 0.15) is 18.5 Å². The van der Waals surface area contributed by atoms with Crippen molar-refractivity contribution in [3.05, 3.63) is 82.3 Å². The highest BCUT2D eigenvalue weighted by molar-refractivity contribution is 7.95. The van der Waals surface area contributed by atoms with Crippen LogP contribution in [-0.2, 0) is 24.1 Å². The van der Waals surface area contributed by atoms with Crippen molar-refractivity contribution in [2.24, 2.45) is 28.6 Å². The Labute approximate surface area is 258 Å². The molecular weight excluding hydrogens is 576 g/mol. The lowest BCUT2D eigenvalue weighted by molar-refractivity contribution is -0.132. The van der Waals surface area contributed by atoms with Crippen LogP contribution in [0.15, 0.2) is 76.0 Å². The molecule has 0 amide bonds. The van der Waals surface area contributed by atoms with E-state index in [-0.39, 0.29) is 37.9 Å². The Kier molecular flexibility index (Phi) is 6.99. The van der Waals surface area contributed by atoms with Crippen LogP contribution in [0.1, 0.15) is 81.1 Å². The molecule has 0 N–H and O–H groups in total. The lowest BCUT2D eigenvalue weighted by Gasteiger charge is -2.56. The molecule has 0 saturated heterocycles. The Morgan fingerprint density at radius 1 is 0.909 bits per heavy atom. The van der Waals surface area contributed by atoms with Gasteiger partial charge in [0.2, 0.25) is 9.84 Å². The number of carbonyl (C=O) groups excluding carboxylic acids is 3. The molecule has 2 aromatic rings. The van der Waals surface area contributed by atoms with Gasteiger partial charge in [-0.1, -0.05) is 68.0 Å². The molecule has 0 spiro atoms. The number of fused-ring (bicyclic) bond motifs is 6. The van der Waals surface area contributed by atoms with E-state index >= 15 is 0 Å². The highest BCUT2D eigenvalue weighted by Gasteiger charge is 2.58. The Hall–Kier alpha value is -3.52. The first kappa shape index (κ1) is 29.2. The van der Waals surface area contributed by atoms with Crippen molar-refractivity contribution in [1.82, 2.24) is 0 Å². The smallest absolute Gasteiger partial charge is 0.431 e. The van der Waals surface area contributed by atoms with Crippen LogP contribution in [0.3, 0.4) is 0 Å². The van der Waals surface area contributed by atoms with E-state index in [4.69, 9.17) is 9.47 Å². The number of sulfone groups is 1. The molecule has 3 fully saturated rings. The van der Waals surface area contributed by atoms with Gasteiger partial charge in [-0.25, -0.2) is 13.2 Å². The molecule has 5 aliphatic rings. The molecule has 1 aliphatic heterocycles. The molecule has 0 aromatic heterocycles. The summed E-state index contributed by atoms with van der Waals surface area (Å²) in [5, 5.41) is 0. The maximum atomic E-state index is 13.7. The molecule has 44 heavy (non-hydrogen) atoms. The lowest BCUT2D eigenvalue weighted by Crippen LogP contribution is -2.50. The number of hydrogen-bond acceptors (Lipinski definition) is 7. The third-order valence-corrected chi connectivity index (χ3v) is 13.6. The third-order valence-electron chi connectivity index (χ3n) is 11.7. The van der Waals surface area contributed by atoms with Crippen LogP contribution in [0.2, 0.25) is 0 Å². The molecular formula is C36H38O7S. The zero-order chi connectivity index (χ0) is 30.9. The van der Waals surface area contributed by atoms with E-state index in [0.717, 1.165) is 32.1 Å². The van der Waals surface area contributed by atoms with Gasteiger partial charge in [-0.2, -0.15) is 0 Å². The maximum Gasteiger partial charge on any atom is 0.508 e. The summed E-state index contributed by atoms with van der Waals surface area (Å²) >= 11 is 0. The van der Waals surface area contributed by atoms with Gasteiger partial charge in [0, 0.05) is 29.4 Å². The van der Waals surface area contributed by atoms with E-state index in [0.29, 0.717) is 48.4 Å². The Balaban J connectivity index is 1.07. The minimum Gasteiger partial charge on any atom is -0.431 e. The fourth-order valence-electron chi connectivity index (χ4n) is 9.26. The van der Waals surface area contributed by atoms with Gasteiger partial charge in [0.15, 0.2) is 5.78 Å². The summed E-state index contributed by atoms with van der Waals surface area (Å²) in [5.74, 6) is 1.52. The normalized spacial score (nSPS) is 33.8. The lowest BCUT2D eigenvalue weighted by atomic mass is 9.48. The quantitative estimate of drug-likeness (QED) is 0.267. The van der Waals surface area contributed by atoms with Crippen molar-refractivity contribution in [2.75, 3.05) is 6.61 Å². The number of ether oxygens (including phenoxy) is 2. The molecule has 7 nitrogen and oxygen atoms in total. The minimum atomic E-state index is -4.10. The highest BCUT2D eigenvalue weighted by Crippen LogP contribution is 2.64. The van der Waals surface area contributed by atoms with Gasteiger partial charge in [0.25, 0.3) is 0 Å². The van der Waals surface area contributed by atoms with E-state index in [9.17, 15) is 22.8 Å². The van der Waals surface area contributed by atoms with Gasteiger partial charge in [-0.15, -0.1) is 0 Å². The topological polar surface area (TPSA) is 104 Å². The summed E-state index contributed by atoms with van der Waals surface area (Å²) < 4.78 is 38.6. The number of Topliss-reactive ketones (excluding diaryl/α,β-unsaturated/α-hetero) is 2. The van der Waals surface area contributed by atoms with Crippen molar-refractivity contribution in [3.8, 4) is 0 Å². The van der Waals surface area contributed by atoms with Crippen molar-refractivity contribution < 1.29 is 32.3 Å². The standard InChI is InChI=1S/C36H38O7S/c1-35-18-16-24(20-23(35)12-13-25-27-14-15-31(37)36(27,2)19-17-28(25)35)43-34(39)42-21-30-32(22-8-4-3-5-9-22)33(38)26-10-6-7-11-29(26)44(30,40)41/h3-12,24-25,27-28H,13-21H2,1-2H3/t24-,25?,27-,28-,35-,36-/m0/s1. The van der Waals surface area contributed by atoms with E-state index in [1.165, 1.54) is 17.7 Å². The Morgan fingerprint density at radius 2 is 1.61 bits per heavy atom. The van der Waals surface area contributed by atoms with Crippen LogP contribution >= 0.6 is 0 Å².